The fourth-order valence-electron chi connectivity index (χ4n) is 2.45. The SMILES string of the molecule is Cc1cc(C)c(S(=O)(=O)NC(N)=[NH+]CCc2ccccc2)cc1C. The third-order valence-electron chi connectivity index (χ3n) is 3.90. The Kier molecular flexibility index (Phi) is 5.62. The van der Waals surface area contributed by atoms with Crippen molar-refractivity contribution in [2.24, 2.45) is 5.73 Å². The van der Waals surface area contributed by atoms with Crippen LogP contribution in [0.3, 0.4) is 0 Å². The van der Waals surface area contributed by atoms with Crippen molar-refractivity contribution >= 4 is 16.0 Å². The molecule has 0 aliphatic heterocycles. The molecule has 0 aromatic heterocycles. The first-order chi connectivity index (χ1) is 11.3. The molecule has 5 nitrogen and oxygen atoms in total. The molecular formula is C18H24N3O2S+. The molecule has 2 aromatic carbocycles. The van der Waals surface area contributed by atoms with Crippen LogP contribution in [0.2, 0.25) is 0 Å². The summed E-state index contributed by atoms with van der Waals surface area (Å²) in [6.45, 7) is 6.17. The Hall–Kier alpha value is -2.34. The summed E-state index contributed by atoms with van der Waals surface area (Å²) in [6.07, 6.45) is 0.756. The predicted octanol–water partition coefficient (Wildman–Crippen LogP) is 0.528. The van der Waals surface area contributed by atoms with Crippen LogP contribution >= 0.6 is 0 Å². The molecule has 6 heteroatoms. The van der Waals surface area contributed by atoms with Crippen molar-refractivity contribution in [2.75, 3.05) is 6.54 Å². The molecule has 0 radical (unpaired) electrons. The first-order valence-electron chi connectivity index (χ1n) is 7.80. The number of benzene rings is 2. The zero-order valence-corrected chi connectivity index (χ0v) is 15.1. The second-order valence-electron chi connectivity index (χ2n) is 5.88. The quantitative estimate of drug-likeness (QED) is 0.545. The first-order valence-corrected chi connectivity index (χ1v) is 9.29. The smallest absolute Gasteiger partial charge is 0.290 e. The van der Waals surface area contributed by atoms with Crippen LogP contribution in [0.5, 0.6) is 0 Å². The van der Waals surface area contributed by atoms with Gasteiger partial charge in [0.2, 0.25) is 0 Å². The Morgan fingerprint density at radius 3 is 2.33 bits per heavy atom. The van der Waals surface area contributed by atoms with Crippen LogP contribution < -0.4 is 15.4 Å². The average molecular weight is 346 g/mol. The van der Waals surface area contributed by atoms with E-state index in [-0.39, 0.29) is 10.9 Å². The van der Waals surface area contributed by atoms with Gasteiger partial charge in [-0.05, 0) is 49.1 Å². The molecule has 0 unspecified atom stereocenters. The summed E-state index contributed by atoms with van der Waals surface area (Å²) in [6, 6.07) is 13.5. The number of hydrogen-bond donors (Lipinski definition) is 3. The zero-order chi connectivity index (χ0) is 17.7. The van der Waals surface area contributed by atoms with Gasteiger partial charge in [-0.2, -0.15) is 13.1 Å². The molecule has 128 valence electrons. The second kappa shape index (κ2) is 7.49. The first kappa shape index (κ1) is 18.0. The summed E-state index contributed by atoms with van der Waals surface area (Å²) in [5.74, 6) is 0.0311. The van der Waals surface area contributed by atoms with Gasteiger partial charge in [-0.15, -0.1) is 0 Å². The van der Waals surface area contributed by atoms with Crippen molar-refractivity contribution in [2.45, 2.75) is 32.1 Å². The van der Waals surface area contributed by atoms with Crippen molar-refractivity contribution < 1.29 is 13.4 Å². The molecule has 0 bridgehead atoms. The molecule has 0 saturated carbocycles. The maximum absolute atomic E-state index is 12.5. The van der Waals surface area contributed by atoms with Gasteiger partial charge in [0.25, 0.3) is 0 Å². The second-order valence-corrected chi connectivity index (χ2v) is 7.53. The van der Waals surface area contributed by atoms with E-state index in [4.69, 9.17) is 5.73 Å². The van der Waals surface area contributed by atoms with Crippen molar-refractivity contribution in [3.05, 3.63) is 64.7 Å². The van der Waals surface area contributed by atoms with E-state index in [1.165, 1.54) is 0 Å². The van der Waals surface area contributed by atoms with E-state index in [0.29, 0.717) is 12.1 Å². The summed E-state index contributed by atoms with van der Waals surface area (Å²) in [7, 11) is -3.70. The fraction of sp³-hybridized carbons (Fsp3) is 0.278. The zero-order valence-electron chi connectivity index (χ0n) is 14.3. The van der Waals surface area contributed by atoms with Gasteiger partial charge in [-0.3, -0.25) is 10.7 Å². The number of sulfonamides is 1. The van der Waals surface area contributed by atoms with Crippen molar-refractivity contribution in [1.29, 1.82) is 0 Å². The highest BCUT2D eigenvalue weighted by Crippen LogP contribution is 2.19. The van der Waals surface area contributed by atoms with E-state index < -0.39 is 10.0 Å². The highest BCUT2D eigenvalue weighted by atomic mass is 32.2. The molecule has 0 aliphatic carbocycles. The van der Waals surface area contributed by atoms with Crippen molar-refractivity contribution in [1.82, 2.24) is 4.72 Å². The molecule has 0 saturated heterocycles. The van der Waals surface area contributed by atoms with Crippen LogP contribution in [0.1, 0.15) is 22.3 Å². The Labute approximate surface area is 143 Å². The molecule has 0 atom stereocenters. The third-order valence-corrected chi connectivity index (χ3v) is 5.40. The number of nitrogens with two attached hydrogens (primary N) is 1. The monoisotopic (exact) mass is 346 g/mol. The van der Waals surface area contributed by atoms with E-state index in [1.807, 2.05) is 50.2 Å². The van der Waals surface area contributed by atoms with Crippen LogP contribution in [-0.4, -0.2) is 20.9 Å². The molecule has 24 heavy (non-hydrogen) atoms. The van der Waals surface area contributed by atoms with E-state index in [0.717, 1.165) is 23.1 Å². The molecule has 2 aromatic rings. The topological polar surface area (TPSA) is 86.2 Å². The maximum atomic E-state index is 12.5. The highest BCUT2D eigenvalue weighted by molar-refractivity contribution is 7.90. The van der Waals surface area contributed by atoms with Gasteiger partial charge in [0.05, 0.1) is 6.54 Å². The largest absolute Gasteiger partial charge is 0.356 e. The van der Waals surface area contributed by atoms with Crippen LogP contribution in [0.4, 0.5) is 0 Å². The lowest BCUT2D eigenvalue weighted by molar-refractivity contribution is -0.459. The molecule has 0 amide bonds. The Morgan fingerprint density at radius 2 is 1.67 bits per heavy atom. The number of aryl methyl sites for hydroxylation is 3. The lowest BCUT2D eigenvalue weighted by Crippen LogP contribution is -2.79. The summed E-state index contributed by atoms with van der Waals surface area (Å²) < 4.78 is 27.4. The van der Waals surface area contributed by atoms with Gasteiger partial charge in [0.15, 0.2) is 0 Å². The van der Waals surface area contributed by atoms with Gasteiger partial charge >= 0.3 is 16.0 Å². The van der Waals surface area contributed by atoms with E-state index in [1.54, 1.807) is 13.0 Å². The van der Waals surface area contributed by atoms with Crippen LogP contribution in [0.15, 0.2) is 47.4 Å². The molecule has 0 spiro atoms. The van der Waals surface area contributed by atoms with Crippen molar-refractivity contribution in [3.8, 4) is 0 Å². The minimum absolute atomic E-state index is 0.0311. The Bertz CT molecular complexity index is 844. The summed E-state index contributed by atoms with van der Waals surface area (Å²) in [4.78, 5) is 3.16. The van der Waals surface area contributed by atoms with E-state index in [2.05, 4.69) is 9.71 Å². The van der Waals surface area contributed by atoms with Crippen LogP contribution in [-0.2, 0) is 16.4 Å². The fourth-order valence-corrected chi connectivity index (χ4v) is 3.73. The molecule has 0 fully saturated rings. The molecule has 2 rings (SSSR count). The number of hydrogen-bond acceptors (Lipinski definition) is 2. The third kappa shape index (κ3) is 4.58. The van der Waals surface area contributed by atoms with Gasteiger partial charge in [-0.1, -0.05) is 36.4 Å². The van der Waals surface area contributed by atoms with Gasteiger partial charge in [0.1, 0.15) is 4.90 Å². The minimum Gasteiger partial charge on any atom is -0.290 e. The number of rotatable bonds is 5. The van der Waals surface area contributed by atoms with E-state index in [9.17, 15) is 8.42 Å². The maximum Gasteiger partial charge on any atom is 0.356 e. The minimum atomic E-state index is -3.70. The van der Waals surface area contributed by atoms with Crippen LogP contribution in [0, 0.1) is 20.8 Å². The number of guanidine groups is 1. The van der Waals surface area contributed by atoms with Crippen molar-refractivity contribution in [3.63, 3.8) is 0 Å². The molecule has 4 N–H and O–H groups in total. The average Bonchev–Trinajstić information content (AvgIpc) is 2.51. The molecular weight excluding hydrogens is 322 g/mol. The lowest BCUT2D eigenvalue weighted by atomic mass is 10.1. The highest BCUT2D eigenvalue weighted by Gasteiger charge is 2.22. The summed E-state index contributed by atoms with van der Waals surface area (Å²) in [5.41, 5.74) is 9.64. The summed E-state index contributed by atoms with van der Waals surface area (Å²) >= 11 is 0. The van der Waals surface area contributed by atoms with Crippen LogP contribution in [0.25, 0.3) is 0 Å². The molecule has 0 aliphatic rings. The standard InChI is InChI=1S/C18H23N3O2S/c1-13-11-15(3)17(12-14(13)2)24(22,23)21-18(19)20-10-9-16-7-5-4-6-8-16/h4-8,11-12H,9-10H2,1-3H3,(H3,19,20,21)/p+1. The number of nitrogens with one attached hydrogen (secondary N) is 2. The normalized spacial score (nSPS) is 12.2. The predicted molar refractivity (Wildman–Crippen MR) is 96.1 cm³/mol. The van der Waals surface area contributed by atoms with E-state index >= 15 is 0 Å². The molecule has 0 heterocycles. The van der Waals surface area contributed by atoms with Gasteiger partial charge < -0.3 is 0 Å². The lowest BCUT2D eigenvalue weighted by Gasteiger charge is -2.09. The Balaban J connectivity index is 2.08. The Morgan fingerprint density at radius 1 is 1.04 bits per heavy atom. The van der Waals surface area contributed by atoms with Gasteiger partial charge in [0, 0.05) is 6.42 Å². The summed E-state index contributed by atoms with van der Waals surface area (Å²) in [5, 5.41) is 0. The van der Waals surface area contributed by atoms with Gasteiger partial charge in [-0.25, -0.2) is 0 Å².